The lowest BCUT2D eigenvalue weighted by molar-refractivity contribution is 0.275. The highest BCUT2D eigenvalue weighted by molar-refractivity contribution is 5.44. The summed E-state index contributed by atoms with van der Waals surface area (Å²) < 4.78 is 14.8. The maximum absolute atomic E-state index is 14.8. The number of azo groups is 1. The molecule has 0 amide bonds. The molecule has 0 saturated heterocycles. The Hall–Kier alpha value is -2.85. The van der Waals surface area contributed by atoms with E-state index in [1.165, 1.54) is 0 Å². The summed E-state index contributed by atoms with van der Waals surface area (Å²) in [6.45, 7) is 0. The molecule has 142 valence electrons. The lowest BCUT2D eigenvalue weighted by Crippen LogP contribution is -2.27. The third kappa shape index (κ3) is 3.60. The minimum Gasteiger partial charge on any atom is -0.300 e. The first-order valence-electron chi connectivity index (χ1n) is 9.58. The molecule has 3 aromatic carbocycles. The smallest absolute Gasteiger partial charge is 0.151 e. The molecule has 4 heteroatoms. The molecule has 1 fully saturated rings. The van der Waals surface area contributed by atoms with Gasteiger partial charge in [0.25, 0.3) is 0 Å². The van der Waals surface area contributed by atoms with Gasteiger partial charge in [-0.2, -0.15) is 10.2 Å². The summed E-state index contributed by atoms with van der Waals surface area (Å²) in [4.78, 5) is 2.17. The van der Waals surface area contributed by atoms with E-state index in [0.29, 0.717) is 0 Å². The van der Waals surface area contributed by atoms with Crippen molar-refractivity contribution in [2.45, 2.75) is 24.4 Å². The van der Waals surface area contributed by atoms with Gasteiger partial charge in [-0.15, -0.1) is 0 Å². The first-order chi connectivity index (χ1) is 13.6. The number of benzene rings is 3. The zero-order valence-corrected chi connectivity index (χ0v) is 16.2. The van der Waals surface area contributed by atoms with Crippen molar-refractivity contribution in [2.75, 3.05) is 14.1 Å². The zero-order valence-electron chi connectivity index (χ0n) is 16.2. The SMILES string of the molecule is CN(C)C1(c2ccc(N=NC(c3ccccc3)c3ccccc3)c(F)c2)CC1. The molecular formula is C24H24FN3. The first-order valence-corrected chi connectivity index (χ1v) is 9.58. The summed E-state index contributed by atoms with van der Waals surface area (Å²) in [6, 6.07) is 25.0. The van der Waals surface area contributed by atoms with Crippen LogP contribution >= 0.6 is 0 Å². The number of halogens is 1. The Morgan fingerprint density at radius 1 is 0.857 bits per heavy atom. The van der Waals surface area contributed by atoms with Crippen molar-refractivity contribution in [3.63, 3.8) is 0 Å². The highest BCUT2D eigenvalue weighted by atomic mass is 19.1. The average molecular weight is 373 g/mol. The largest absolute Gasteiger partial charge is 0.300 e. The molecular weight excluding hydrogens is 349 g/mol. The van der Waals surface area contributed by atoms with Gasteiger partial charge < -0.3 is 0 Å². The summed E-state index contributed by atoms with van der Waals surface area (Å²) in [5.41, 5.74) is 3.32. The van der Waals surface area contributed by atoms with E-state index >= 15 is 0 Å². The van der Waals surface area contributed by atoms with Crippen LogP contribution in [-0.2, 0) is 5.54 Å². The molecule has 0 atom stereocenters. The van der Waals surface area contributed by atoms with Crippen LogP contribution in [0.5, 0.6) is 0 Å². The van der Waals surface area contributed by atoms with Gasteiger partial charge >= 0.3 is 0 Å². The van der Waals surface area contributed by atoms with E-state index in [4.69, 9.17) is 0 Å². The molecule has 1 aliphatic carbocycles. The van der Waals surface area contributed by atoms with E-state index in [-0.39, 0.29) is 23.1 Å². The molecule has 1 saturated carbocycles. The van der Waals surface area contributed by atoms with E-state index in [1.54, 1.807) is 12.1 Å². The molecule has 0 heterocycles. The molecule has 1 aliphatic rings. The average Bonchev–Trinajstić information content (AvgIpc) is 3.53. The zero-order chi connectivity index (χ0) is 19.6. The van der Waals surface area contributed by atoms with Crippen molar-refractivity contribution in [1.29, 1.82) is 0 Å². The van der Waals surface area contributed by atoms with Crippen LogP contribution in [-0.4, -0.2) is 19.0 Å². The Labute approximate surface area is 165 Å². The van der Waals surface area contributed by atoms with Crippen LogP contribution in [0.2, 0.25) is 0 Å². The minimum atomic E-state index is -0.325. The van der Waals surface area contributed by atoms with Crippen molar-refractivity contribution in [2.24, 2.45) is 10.2 Å². The van der Waals surface area contributed by atoms with Gasteiger partial charge in [-0.25, -0.2) is 4.39 Å². The molecule has 28 heavy (non-hydrogen) atoms. The van der Waals surface area contributed by atoms with Crippen molar-refractivity contribution < 1.29 is 4.39 Å². The molecule has 4 rings (SSSR count). The minimum absolute atomic E-state index is 0.0207. The fourth-order valence-electron chi connectivity index (χ4n) is 3.71. The molecule has 0 bridgehead atoms. The van der Waals surface area contributed by atoms with Gasteiger partial charge in [0, 0.05) is 5.54 Å². The van der Waals surface area contributed by atoms with Crippen LogP contribution in [0.3, 0.4) is 0 Å². The monoisotopic (exact) mass is 373 g/mol. The topological polar surface area (TPSA) is 28.0 Å². The normalized spacial score (nSPS) is 15.5. The van der Waals surface area contributed by atoms with Gasteiger partial charge in [0.2, 0.25) is 0 Å². The van der Waals surface area contributed by atoms with E-state index in [0.717, 1.165) is 29.5 Å². The second-order valence-electron chi connectivity index (χ2n) is 7.53. The highest BCUT2D eigenvalue weighted by Crippen LogP contribution is 2.50. The highest BCUT2D eigenvalue weighted by Gasteiger charge is 2.46. The Bertz CT molecular complexity index is 924. The van der Waals surface area contributed by atoms with E-state index < -0.39 is 0 Å². The van der Waals surface area contributed by atoms with E-state index in [2.05, 4.69) is 15.1 Å². The van der Waals surface area contributed by atoms with Crippen molar-refractivity contribution in [3.05, 3.63) is 101 Å². The Morgan fingerprint density at radius 2 is 1.43 bits per heavy atom. The number of rotatable bonds is 6. The fourth-order valence-corrected chi connectivity index (χ4v) is 3.71. The quantitative estimate of drug-likeness (QED) is 0.469. The first kappa shape index (κ1) is 18.5. The third-order valence-corrected chi connectivity index (χ3v) is 5.58. The summed E-state index contributed by atoms with van der Waals surface area (Å²) in [5, 5.41) is 8.80. The van der Waals surface area contributed by atoms with Crippen LogP contribution in [0.4, 0.5) is 10.1 Å². The van der Waals surface area contributed by atoms with Crippen LogP contribution in [0.1, 0.15) is 35.6 Å². The number of hydrogen-bond donors (Lipinski definition) is 0. The molecule has 3 nitrogen and oxygen atoms in total. The molecule has 3 aromatic rings. The Morgan fingerprint density at radius 3 is 1.89 bits per heavy atom. The molecule has 0 N–H and O–H groups in total. The Balaban J connectivity index is 1.64. The van der Waals surface area contributed by atoms with Crippen LogP contribution in [0.15, 0.2) is 89.1 Å². The molecule has 0 spiro atoms. The van der Waals surface area contributed by atoms with E-state index in [1.807, 2.05) is 80.8 Å². The van der Waals surface area contributed by atoms with Crippen LogP contribution in [0, 0.1) is 5.82 Å². The molecule has 0 unspecified atom stereocenters. The standard InChI is InChI=1S/C24H24FN3/c1-28(2)24(15-16-24)20-13-14-22(21(25)17-20)26-27-23(18-9-5-3-6-10-18)19-11-7-4-8-12-19/h3-14,17,23H,15-16H2,1-2H3. The van der Waals surface area contributed by atoms with Crippen molar-refractivity contribution in [1.82, 2.24) is 4.90 Å². The maximum atomic E-state index is 14.8. The number of nitrogens with zero attached hydrogens (tertiary/aromatic N) is 3. The van der Waals surface area contributed by atoms with Crippen molar-refractivity contribution in [3.8, 4) is 0 Å². The summed E-state index contributed by atoms with van der Waals surface area (Å²) in [7, 11) is 4.09. The Kier molecular flexibility index (Phi) is 5.05. The van der Waals surface area contributed by atoms with Crippen LogP contribution in [0.25, 0.3) is 0 Å². The second-order valence-corrected chi connectivity index (χ2v) is 7.53. The molecule has 0 radical (unpaired) electrons. The predicted octanol–water partition coefficient (Wildman–Crippen LogP) is 6.25. The second kappa shape index (κ2) is 7.64. The van der Waals surface area contributed by atoms with Gasteiger partial charge in [0.15, 0.2) is 5.82 Å². The van der Waals surface area contributed by atoms with Gasteiger partial charge in [0.1, 0.15) is 11.7 Å². The third-order valence-electron chi connectivity index (χ3n) is 5.58. The lowest BCUT2D eigenvalue weighted by Gasteiger charge is -2.24. The van der Waals surface area contributed by atoms with Gasteiger partial charge in [-0.1, -0.05) is 66.7 Å². The summed E-state index contributed by atoms with van der Waals surface area (Å²) in [5.74, 6) is -0.325. The number of hydrogen-bond acceptors (Lipinski definition) is 3. The summed E-state index contributed by atoms with van der Waals surface area (Å²) >= 11 is 0. The molecule has 0 aromatic heterocycles. The van der Waals surface area contributed by atoms with E-state index in [9.17, 15) is 4.39 Å². The lowest BCUT2D eigenvalue weighted by atomic mass is 10.00. The van der Waals surface area contributed by atoms with Gasteiger partial charge in [0.05, 0.1) is 0 Å². The van der Waals surface area contributed by atoms with Crippen LogP contribution < -0.4 is 0 Å². The van der Waals surface area contributed by atoms with Gasteiger partial charge in [-0.3, -0.25) is 4.90 Å². The summed E-state index contributed by atoms with van der Waals surface area (Å²) in [6.07, 6.45) is 2.12. The fraction of sp³-hybridized carbons (Fsp3) is 0.250. The predicted molar refractivity (Wildman–Crippen MR) is 110 cm³/mol. The maximum Gasteiger partial charge on any atom is 0.151 e. The van der Waals surface area contributed by atoms with Crippen molar-refractivity contribution >= 4 is 5.69 Å². The molecule has 0 aliphatic heterocycles. The van der Waals surface area contributed by atoms with Gasteiger partial charge in [-0.05, 0) is 55.8 Å².